The molecule has 0 aliphatic carbocycles. The number of amides is 2. The second-order valence-corrected chi connectivity index (χ2v) is 6.26. The van der Waals surface area contributed by atoms with Crippen molar-refractivity contribution in [1.29, 1.82) is 0 Å². The first-order valence-corrected chi connectivity index (χ1v) is 8.09. The van der Waals surface area contributed by atoms with Gasteiger partial charge in [0.2, 0.25) is 5.91 Å². The summed E-state index contributed by atoms with van der Waals surface area (Å²) < 4.78 is 0. The number of aryl methyl sites for hydroxylation is 1. The molecule has 0 aliphatic rings. The van der Waals surface area contributed by atoms with E-state index in [1.807, 2.05) is 12.1 Å². The Balaban J connectivity index is 1.87. The highest BCUT2D eigenvalue weighted by atomic mass is 32.1. The van der Waals surface area contributed by atoms with Gasteiger partial charge in [-0.1, -0.05) is 19.1 Å². The fourth-order valence-electron chi connectivity index (χ4n) is 1.98. The van der Waals surface area contributed by atoms with Gasteiger partial charge in [0.15, 0.2) is 0 Å². The third kappa shape index (κ3) is 4.70. The van der Waals surface area contributed by atoms with Crippen LogP contribution in [0.5, 0.6) is 0 Å². The SMILES string of the molecule is CCc1ccc(CNC(=O)c2ccc(CNC(C)=O)cc2)s1. The molecule has 0 fully saturated rings. The largest absolute Gasteiger partial charge is 0.352 e. The minimum atomic E-state index is -0.0856. The number of hydrogen-bond donors (Lipinski definition) is 2. The van der Waals surface area contributed by atoms with Gasteiger partial charge in [0.1, 0.15) is 0 Å². The lowest BCUT2D eigenvalue weighted by Gasteiger charge is -2.06. The van der Waals surface area contributed by atoms with Crippen molar-refractivity contribution in [3.63, 3.8) is 0 Å². The van der Waals surface area contributed by atoms with E-state index in [1.165, 1.54) is 11.8 Å². The van der Waals surface area contributed by atoms with Crippen molar-refractivity contribution >= 4 is 23.2 Å². The van der Waals surface area contributed by atoms with Gasteiger partial charge in [0, 0.05) is 28.8 Å². The number of hydrogen-bond acceptors (Lipinski definition) is 3. The van der Waals surface area contributed by atoms with E-state index in [0.29, 0.717) is 18.7 Å². The van der Waals surface area contributed by atoms with Crippen LogP contribution in [-0.4, -0.2) is 11.8 Å². The Morgan fingerprint density at radius 2 is 1.64 bits per heavy atom. The monoisotopic (exact) mass is 316 g/mol. The Hall–Kier alpha value is -2.14. The van der Waals surface area contributed by atoms with Crippen molar-refractivity contribution in [2.45, 2.75) is 33.4 Å². The molecule has 0 atom stereocenters. The molecule has 2 rings (SSSR count). The van der Waals surface area contributed by atoms with Gasteiger partial charge >= 0.3 is 0 Å². The topological polar surface area (TPSA) is 58.2 Å². The second kappa shape index (κ2) is 7.75. The van der Waals surface area contributed by atoms with Crippen LogP contribution in [0.25, 0.3) is 0 Å². The van der Waals surface area contributed by atoms with Crippen LogP contribution in [0.3, 0.4) is 0 Å². The number of carbonyl (C=O) groups is 2. The molecule has 0 aliphatic heterocycles. The van der Waals surface area contributed by atoms with Crippen molar-refractivity contribution in [3.05, 3.63) is 57.3 Å². The van der Waals surface area contributed by atoms with E-state index in [0.717, 1.165) is 16.9 Å². The summed E-state index contributed by atoms with van der Waals surface area (Å²) >= 11 is 1.73. The molecule has 0 saturated carbocycles. The molecule has 1 aromatic carbocycles. The first-order chi connectivity index (χ1) is 10.6. The van der Waals surface area contributed by atoms with Crippen molar-refractivity contribution in [1.82, 2.24) is 10.6 Å². The summed E-state index contributed by atoms with van der Waals surface area (Å²) in [7, 11) is 0. The second-order valence-electron chi connectivity index (χ2n) is 5.01. The molecule has 0 spiro atoms. The average molecular weight is 316 g/mol. The van der Waals surface area contributed by atoms with Crippen LogP contribution in [0.4, 0.5) is 0 Å². The fraction of sp³-hybridized carbons (Fsp3) is 0.294. The lowest BCUT2D eigenvalue weighted by molar-refractivity contribution is -0.119. The van der Waals surface area contributed by atoms with Crippen LogP contribution in [0.15, 0.2) is 36.4 Å². The molecule has 5 heteroatoms. The fourth-order valence-corrected chi connectivity index (χ4v) is 2.87. The Labute approximate surface area is 134 Å². The van der Waals surface area contributed by atoms with Crippen molar-refractivity contribution in [2.24, 2.45) is 0 Å². The Morgan fingerprint density at radius 3 is 2.23 bits per heavy atom. The number of nitrogens with one attached hydrogen (secondary N) is 2. The van der Waals surface area contributed by atoms with Gasteiger partial charge in [-0.3, -0.25) is 9.59 Å². The summed E-state index contributed by atoms with van der Waals surface area (Å²) in [5.41, 5.74) is 1.59. The third-order valence-electron chi connectivity index (χ3n) is 3.25. The zero-order valence-corrected chi connectivity index (χ0v) is 13.6. The molecule has 22 heavy (non-hydrogen) atoms. The van der Waals surface area contributed by atoms with Crippen LogP contribution >= 0.6 is 11.3 Å². The van der Waals surface area contributed by atoms with E-state index >= 15 is 0 Å². The predicted molar refractivity (Wildman–Crippen MR) is 88.8 cm³/mol. The Kier molecular flexibility index (Phi) is 5.72. The smallest absolute Gasteiger partial charge is 0.251 e. The van der Waals surface area contributed by atoms with Crippen molar-refractivity contribution in [2.75, 3.05) is 0 Å². The van der Waals surface area contributed by atoms with Crippen LogP contribution in [0.1, 0.15) is 39.5 Å². The number of benzene rings is 1. The summed E-state index contributed by atoms with van der Waals surface area (Å²) in [5, 5.41) is 5.65. The summed E-state index contributed by atoms with van der Waals surface area (Å²) in [6, 6.07) is 11.4. The molecular formula is C17H20N2O2S. The molecule has 1 heterocycles. The molecule has 2 aromatic rings. The standard InChI is InChI=1S/C17H20N2O2S/c1-3-15-8-9-16(22-15)11-19-17(21)14-6-4-13(5-7-14)10-18-12(2)20/h4-9H,3,10-11H2,1-2H3,(H,18,20)(H,19,21). The molecule has 116 valence electrons. The third-order valence-corrected chi connectivity index (χ3v) is 4.48. The molecule has 0 bridgehead atoms. The first-order valence-electron chi connectivity index (χ1n) is 7.27. The summed E-state index contributed by atoms with van der Waals surface area (Å²) in [6.07, 6.45) is 1.02. The van der Waals surface area contributed by atoms with Gasteiger partial charge in [0.05, 0.1) is 6.54 Å². The highest BCUT2D eigenvalue weighted by Crippen LogP contribution is 2.16. The van der Waals surface area contributed by atoms with E-state index in [4.69, 9.17) is 0 Å². The van der Waals surface area contributed by atoms with Gasteiger partial charge < -0.3 is 10.6 Å². The molecule has 2 amide bonds. The van der Waals surface area contributed by atoms with Gasteiger partial charge in [-0.05, 0) is 36.2 Å². The maximum Gasteiger partial charge on any atom is 0.251 e. The summed E-state index contributed by atoms with van der Waals surface area (Å²) in [6.45, 7) is 4.64. The van der Waals surface area contributed by atoms with E-state index < -0.39 is 0 Å². The average Bonchev–Trinajstić information content (AvgIpc) is 2.99. The minimum Gasteiger partial charge on any atom is -0.352 e. The van der Waals surface area contributed by atoms with E-state index in [-0.39, 0.29) is 11.8 Å². The van der Waals surface area contributed by atoms with E-state index in [9.17, 15) is 9.59 Å². The zero-order valence-electron chi connectivity index (χ0n) is 12.8. The molecule has 2 N–H and O–H groups in total. The number of thiophene rings is 1. The highest BCUT2D eigenvalue weighted by Gasteiger charge is 2.06. The maximum atomic E-state index is 12.1. The molecule has 1 aromatic heterocycles. The maximum absolute atomic E-state index is 12.1. The van der Waals surface area contributed by atoms with Crippen LogP contribution in [-0.2, 0) is 24.3 Å². The van der Waals surface area contributed by atoms with Crippen molar-refractivity contribution in [3.8, 4) is 0 Å². The van der Waals surface area contributed by atoms with Crippen LogP contribution in [0.2, 0.25) is 0 Å². The number of carbonyl (C=O) groups excluding carboxylic acids is 2. The molecule has 0 radical (unpaired) electrons. The highest BCUT2D eigenvalue weighted by molar-refractivity contribution is 7.11. The molecule has 0 unspecified atom stereocenters. The van der Waals surface area contributed by atoms with Crippen LogP contribution in [0, 0.1) is 0 Å². The lowest BCUT2D eigenvalue weighted by Crippen LogP contribution is -2.22. The molecule has 4 nitrogen and oxygen atoms in total. The van der Waals surface area contributed by atoms with Gasteiger partial charge in [-0.25, -0.2) is 0 Å². The normalized spacial score (nSPS) is 10.3. The summed E-state index contributed by atoms with van der Waals surface area (Å²) in [4.78, 5) is 25.4. The van der Waals surface area contributed by atoms with Gasteiger partial charge in [-0.15, -0.1) is 11.3 Å². The zero-order chi connectivity index (χ0) is 15.9. The van der Waals surface area contributed by atoms with Gasteiger partial charge in [-0.2, -0.15) is 0 Å². The Morgan fingerprint density at radius 1 is 0.955 bits per heavy atom. The van der Waals surface area contributed by atoms with Gasteiger partial charge in [0.25, 0.3) is 5.91 Å². The lowest BCUT2D eigenvalue weighted by atomic mass is 10.1. The number of rotatable bonds is 6. The van der Waals surface area contributed by atoms with E-state index in [1.54, 1.807) is 23.5 Å². The summed E-state index contributed by atoms with van der Waals surface area (Å²) in [5.74, 6) is -0.151. The predicted octanol–water partition coefficient (Wildman–Crippen LogP) is 2.88. The first kappa shape index (κ1) is 16.2. The van der Waals surface area contributed by atoms with E-state index in [2.05, 4.69) is 29.7 Å². The minimum absolute atomic E-state index is 0.0655. The quantitative estimate of drug-likeness (QED) is 0.861. The molecule has 0 saturated heterocycles. The van der Waals surface area contributed by atoms with Crippen molar-refractivity contribution < 1.29 is 9.59 Å². The Bertz CT molecular complexity index is 647. The molecular weight excluding hydrogens is 296 g/mol. The van der Waals surface area contributed by atoms with Crippen LogP contribution < -0.4 is 10.6 Å².